The summed E-state index contributed by atoms with van der Waals surface area (Å²) in [5, 5.41) is 3.02. The average Bonchev–Trinajstić information content (AvgIpc) is 2.37. The van der Waals surface area contributed by atoms with E-state index in [1.807, 2.05) is 6.07 Å². The fraction of sp³-hybridized carbons (Fsp3) is 0. The Balaban J connectivity index is 2.28. The largest absolute Gasteiger partial charge is 0.321 e. The van der Waals surface area contributed by atoms with Gasteiger partial charge in [0.05, 0.1) is 15.1 Å². The van der Waals surface area contributed by atoms with E-state index in [2.05, 4.69) is 10.3 Å². The molecule has 0 fully saturated rings. The van der Waals surface area contributed by atoms with E-state index in [1.165, 1.54) is 6.20 Å². The van der Waals surface area contributed by atoms with Crippen molar-refractivity contribution >= 4 is 46.4 Å². The lowest BCUT2D eigenvalue weighted by atomic mass is 10.3. The van der Waals surface area contributed by atoms with Crippen molar-refractivity contribution in [3.05, 3.63) is 57.3 Å². The summed E-state index contributed by atoms with van der Waals surface area (Å²) in [6.07, 6.45) is 1.29. The molecule has 0 aliphatic rings. The molecule has 0 bridgehead atoms. The van der Waals surface area contributed by atoms with E-state index >= 15 is 0 Å². The number of nitrogens with one attached hydrogen (secondary N) is 1. The van der Waals surface area contributed by atoms with Crippen LogP contribution in [0.4, 0.5) is 5.69 Å². The van der Waals surface area contributed by atoms with Gasteiger partial charge in [0.25, 0.3) is 5.91 Å². The molecule has 0 unspecified atom stereocenters. The zero-order valence-electron chi connectivity index (χ0n) is 8.95. The lowest BCUT2D eigenvalue weighted by Crippen LogP contribution is -2.14. The molecule has 0 spiro atoms. The lowest BCUT2D eigenvalue weighted by molar-refractivity contribution is 0.102. The maximum Gasteiger partial charge on any atom is 0.275 e. The number of pyridine rings is 1. The Labute approximate surface area is 119 Å². The standard InChI is InChI=1S/C12H7Cl3N2O/c13-8-6-16-11(10(15)9(8)14)12(18)17-7-4-2-1-3-5-7/h1-6H,(H,17,18). The molecule has 0 atom stereocenters. The van der Waals surface area contributed by atoms with Crippen molar-refractivity contribution in [3.63, 3.8) is 0 Å². The number of hydrogen-bond donors (Lipinski definition) is 1. The van der Waals surface area contributed by atoms with Crippen molar-refractivity contribution < 1.29 is 4.79 Å². The molecule has 92 valence electrons. The minimum atomic E-state index is -0.440. The minimum Gasteiger partial charge on any atom is -0.321 e. The van der Waals surface area contributed by atoms with Gasteiger partial charge in [0.1, 0.15) is 5.69 Å². The van der Waals surface area contributed by atoms with Gasteiger partial charge in [-0.15, -0.1) is 0 Å². The number of para-hydroxylation sites is 1. The van der Waals surface area contributed by atoms with Crippen LogP contribution in [0.2, 0.25) is 15.1 Å². The number of aromatic nitrogens is 1. The number of amides is 1. The van der Waals surface area contributed by atoms with Crippen LogP contribution >= 0.6 is 34.8 Å². The molecule has 1 amide bonds. The van der Waals surface area contributed by atoms with Crippen molar-refractivity contribution in [3.8, 4) is 0 Å². The topological polar surface area (TPSA) is 42.0 Å². The van der Waals surface area contributed by atoms with Gasteiger partial charge in [-0.1, -0.05) is 53.0 Å². The first-order valence-electron chi connectivity index (χ1n) is 4.95. The Morgan fingerprint density at radius 2 is 1.72 bits per heavy atom. The van der Waals surface area contributed by atoms with Crippen LogP contribution in [0.15, 0.2) is 36.5 Å². The van der Waals surface area contributed by atoms with Crippen LogP contribution in [0.1, 0.15) is 10.5 Å². The first-order chi connectivity index (χ1) is 8.59. The second-order valence-electron chi connectivity index (χ2n) is 3.40. The molecule has 2 rings (SSSR count). The fourth-order valence-corrected chi connectivity index (χ4v) is 1.88. The number of carbonyl (C=O) groups excluding carboxylic acids is 1. The van der Waals surface area contributed by atoms with Gasteiger partial charge in [-0.3, -0.25) is 4.79 Å². The average molecular weight is 302 g/mol. The summed E-state index contributed by atoms with van der Waals surface area (Å²) >= 11 is 17.5. The third-order valence-corrected chi connectivity index (χ3v) is 3.40. The predicted octanol–water partition coefficient (Wildman–Crippen LogP) is 4.29. The zero-order valence-corrected chi connectivity index (χ0v) is 11.2. The van der Waals surface area contributed by atoms with Gasteiger partial charge >= 0.3 is 0 Å². The highest BCUT2D eigenvalue weighted by Crippen LogP contribution is 2.31. The van der Waals surface area contributed by atoms with Crippen LogP contribution in [-0.2, 0) is 0 Å². The molecular formula is C12H7Cl3N2O. The lowest BCUT2D eigenvalue weighted by Gasteiger charge is -2.07. The van der Waals surface area contributed by atoms with E-state index in [1.54, 1.807) is 24.3 Å². The number of benzene rings is 1. The molecule has 18 heavy (non-hydrogen) atoms. The molecule has 1 N–H and O–H groups in total. The molecular weight excluding hydrogens is 295 g/mol. The van der Waals surface area contributed by atoms with Gasteiger partial charge in [0, 0.05) is 11.9 Å². The van der Waals surface area contributed by atoms with Crippen LogP contribution in [0.5, 0.6) is 0 Å². The Morgan fingerprint density at radius 1 is 1.06 bits per heavy atom. The highest BCUT2D eigenvalue weighted by Gasteiger charge is 2.16. The SMILES string of the molecule is O=C(Nc1ccccc1)c1ncc(Cl)c(Cl)c1Cl. The van der Waals surface area contributed by atoms with E-state index in [0.29, 0.717) is 5.69 Å². The third kappa shape index (κ3) is 2.75. The van der Waals surface area contributed by atoms with Gasteiger partial charge < -0.3 is 5.32 Å². The Bertz CT molecular complexity index is 587. The molecule has 0 radical (unpaired) electrons. The van der Waals surface area contributed by atoms with Crippen LogP contribution in [0, 0.1) is 0 Å². The minimum absolute atomic E-state index is 0.0370. The van der Waals surface area contributed by atoms with Gasteiger partial charge in [-0.25, -0.2) is 4.98 Å². The normalized spacial score (nSPS) is 10.2. The zero-order chi connectivity index (χ0) is 13.1. The quantitative estimate of drug-likeness (QED) is 0.899. The number of nitrogens with zero attached hydrogens (tertiary/aromatic N) is 1. The number of anilines is 1. The van der Waals surface area contributed by atoms with Crippen molar-refractivity contribution in [1.29, 1.82) is 0 Å². The van der Waals surface area contributed by atoms with E-state index in [-0.39, 0.29) is 20.8 Å². The van der Waals surface area contributed by atoms with Crippen LogP contribution in [0.3, 0.4) is 0 Å². The molecule has 1 aromatic carbocycles. The van der Waals surface area contributed by atoms with Crippen molar-refractivity contribution in [2.75, 3.05) is 5.32 Å². The first-order valence-corrected chi connectivity index (χ1v) is 6.09. The fourth-order valence-electron chi connectivity index (χ4n) is 1.31. The predicted molar refractivity (Wildman–Crippen MR) is 73.7 cm³/mol. The Morgan fingerprint density at radius 3 is 2.39 bits per heavy atom. The maximum atomic E-state index is 11.9. The molecule has 0 aliphatic carbocycles. The monoisotopic (exact) mass is 300 g/mol. The number of hydrogen-bond acceptors (Lipinski definition) is 2. The molecule has 0 saturated heterocycles. The van der Waals surface area contributed by atoms with Gasteiger partial charge in [-0.2, -0.15) is 0 Å². The van der Waals surface area contributed by atoms with Gasteiger partial charge in [-0.05, 0) is 12.1 Å². The Hall–Kier alpha value is -1.29. The smallest absolute Gasteiger partial charge is 0.275 e. The molecule has 2 aromatic rings. The van der Waals surface area contributed by atoms with Crippen molar-refractivity contribution in [1.82, 2.24) is 4.98 Å². The third-order valence-electron chi connectivity index (χ3n) is 2.16. The van der Waals surface area contributed by atoms with Crippen LogP contribution in [-0.4, -0.2) is 10.9 Å². The molecule has 3 nitrogen and oxygen atoms in total. The summed E-state index contributed by atoms with van der Waals surface area (Å²) in [6.45, 7) is 0. The molecule has 0 aliphatic heterocycles. The highest BCUT2D eigenvalue weighted by atomic mass is 35.5. The molecule has 1 heterocycles. The summed E-state index contributed by atoms with van der Waals surface area (Å²) in [6, 6.07) is 8.96. The summed E-state index contributed by atoms with van der Waals surface area (Å²) in [5.41, 5.74) is 0.682. The van der Waals surface area contributed by atoms with Gasteiger partial charge in [0.2, 0.25) is 0 Å². The molecule has 6 heteroatoms. The van der Waals surface area contributed by atoms with Crippen molar-refractivity contribution in [2.45, 2.75) is 0 Å². The van der Waals surface area contributed by atoms with E-state index in [9.17, 15) is 4.79 Å². The highest BCUT2D eigenvalue weighted by molar-refractivity contribution is 6.49. The Kier molecular flexibility index (Phi) is 4.07. The maximum absolute atomic E-state index is 11.9. The van der Waals surface area contributed by atoms with E-state index in [0.717, 1.165) is 0 Å². The van der Waals surface area contributed by atoms with Crippen LogP contribution < -0.4 is 5.32 Å². The van der Waals surface area contributed by atoms with Gasteiger partial charge in [0.15, 0.2) is 0 Å². The number of rotatable bonds is 2. The number of carbonyl (C=O) groups is 1. The van der Waals surface area contributed by atoms with Crippen molar-refractivity contribution in [2.24, 2.45) is 0 Å². The molecule has 1 aromatic heterocycles. The summed E-state index contributed by atoms with van der Waals surface area (Å²) in [4.78, 5) is 15.8. The second kappa shape index (κ2) is 5.57. The first kappa shape index (κ1) is 13.1. The van der Waals surface area contributed by atoms with Crippen LogP contribution in [0.25, 0.3) is 0 Å². The molecule has 0 saturated carbocycles. The van der Waals surface area contributed by atoms with E-state index < -0.39 is 5.91 Å². The summed E-state index contributed by atoms with van der Waals surface area (Å²) < 4.78 is 0. The van der Waals surface area contributed by atoms with E-state index in [4.69, 9.17) is 34.8 Å². The summed E-state index contributed by atoms with van der Waals surface area (Å²) in [5.74, 6) is -0.440. The summed E-state index contributed by atoms with van der Waals surface area (Å²) in [7, 11) is 0. The second-order valence-corrected chi connectivity index (χ2v) is 4.57. The number of halogens is 3.